The predicted octanol–water partition coefficient (Wildman–Crippen LogP) is 1.71. The van der Waals surface area contributed by atoms with Crippen LogP contribution < -0.4 is 10.6 Å². The van der Waals surface area contributed by atoms with Crippen molar-refractivity contribution in [3.8, 4) is 0 Å². The van der Waals surface area contributed by atoms with E-state index >= 15 is 0 Å². The monoisotopic (exact) mass is 290 g/mol. The van der Waals surface area contributed by atoms with Crippen molar-refractivity contribution in [3.63, 3.8) is 0 Å². The molecule has 0 bridgehead atoms. The van der Waals surface area contributed by atoms with Crippen molar-refractivity contribution in [1.82, 2.24) is 10.6 Å². The fourth-order valence-electron chi connectivity index (χ4n) is 2.56. The molecule has 1 amide bonds. The number of carboxylic acids is 1. The third-order valence-corrected chi connectivity index (χ3v) is 3.76. The van der Waals surface area contributed by atoms with Gasteiger partial charge in [0.25, 0.3) is 5.91 Å². The van der Waals surface area contributed by atoms with Crippen LogP contribution >= 0.6 is 0 Å². The average Bonchev–Trinajstić information content (AvgIpc) is 2.46. The molecule has 2 rings (SSSR count). The van der Waals surface area contributed by atoms with Crippen molar-refractivity contribution in [2.24, 2.45) is 0 Å². The molecule has 1 atom stereocenters. The highest BCUT2D eigenvalue weighted by atomic mass is 16.4. The first kappa shape index (κ1) is 15.5. The van der Waals surface area contributed by atoms with Crippen molar-refractivity contribution in [2.45, 2.75) is 45.2 Å². The van der Waals surface area contributed by atoms with Gasteiger partial charge in [0.15, 0.2) is 0 Å². The van der Waals surface area contributed by atoms with Gasteiger partial charge in [-0.25, -0.2) is 0 Å². The van der Waals surface area contributed by atoms with Gasteiger partial charge < -0.3 is 15.7 Å². The first-order valence-corrected chi connectivity index (χ1v) is 7.41. The van der Waals surface area contributed by atoms with E-state index in [-0.39, 0.29) is 18.4 Å². The number of amides is 1. The van der Waals surface area contributed by atoms with Crippen LogP contribution in [0.3, 0.4) is 0 Å². The molecule has 1 aliphatic heterocycles. The maximum absolute atomic E-state index is 12.2. The number of hydrogen-bond acceptors (Lipinski definition) is 3. The highest BCUT2D eigenvalue weighted by molar-refractivity contribution is 5.94. The lowest BCUT2D eigenvalue weighted by Crippen LogP contribution is -2.33. The van der Waals surface area contributed by atoms with Gasteiger partial charge in [0.05, 0.1) is 0 Å². The lowest BCUT2D eigenvalue weighted by atomic mass is 9.98. The van der Waals surface area contributed by atoms with Gasteiger partial charge in [-0.05, 0) is 56.0 Å². The van der Waals surface area contributed by atoms with Gasteiger partial charge in [-0.15, -0.1) is 0 Å². The molecule has 114 valence electrons. The topological polar surface area (TPSA) is 78.4 Å². The van der Waals surface area contributed by atoms with Gasteiger partial charge in [0, 0.05) is 24.6 Å². The van der Waals surface area contributed by atoms with Crippen LogP contribution in [0.15, 0.2) is 18.2 Å². The van der Waals surface area contributed by atoms with E-state index in [0.29, 0.717) is 18.4 Å². The highest BCUT2D eigenvalue weighted by Crippen LogP contribution is 2.16. The predicted molar refractivity (Wildman–Crippen MR) is 80.3 cm³/mol. The first-order chi connectivity index (χ1) is 10.1. The second-order valence-electron chi connectivity index (χ2n) is 5.57. The van der Waals surface area contributed by atoms with Gasteiger partial charge in [-0.3, -0.25) is 9.59 Å². The molecule has 0 aromatic heterocycles. The molecule has 1 aliphatic rings. The van der Waals surface area contributed by atoms with E-state index in [1.54, 1.807) is 0 Å². The van der Waals surface area contributed by atoms with Crippen LogP contribution in [0.25, 0.3) is 0 Å². The molecule has 0 spiro atoms. The van der Waals surface area contributed by atoms with Crippen LogP contribution in [-0.2, 0) is 17.8 Å². The second-order valence-corrected chi connectivity index (χ2v) is 5.57. The SMILES string of the molecule is CC(CCCC(=O)O)NC(=O)c1ccc2c(c1)CNCC2. The van der Waals surface area contributed by atoms with E-state index in [2.05, 4.69) is 10.6 Å². The van der Waals surface area contributed by atoms with Gasteiger partial charge >= 0.3 is 5.97 Å². The van der Waals surface area contributed by atoms with Gasteiger partial charge in [-0.1, -0.05) is 6.07 Å². The summed E-state index contributed by atoms with van der Waals surface area (Å²) in [5.74, 6) is -0.887. The molecule has 1 aromatic carbocycles. The number of carbonyl (C=O) groups is 2. The molecule has 1 heterocycles. The molecule has 0 aliphatic carbocycles. The molecule has 21 heavy (non-hydrogen) atoms. The van der Waals surface area contributed by atoms with Crippen LogP contribution in [0.2, 0.25) is 0 Å². The van der Waals surface area contributed by atoms with Gasteiger partial charge in [-0.2, -0.15) is 0 Å². The normalized spacial score (nSPS) is 15.1. The Labute approximate surface area is 124 Å². The average molecular weight is 290 g/mol. The zero-order chi connectivity index (χ0) is 15.2. The highest BCUT2D eigenvalue weighted by Gasteiger charge is 2.14. The number of hydrogen-bond donors (Lipinski definition) is 3. The Bertz CT molecular complexity index is 528. The zero-order valence-electron chi connectivity index (χ0n) is 12.3. The zero-order valence-corrected chi connectivity index (χ0v) is 12.3. The minimum Gasteiger partial charge on any atom is -0.481 e. The molecule has 0 radical (unpaired) electrons. The van der Waals surface area contributed by atoms with Crippen LogP contribution in [0.1, 0.15) is 47.7 Å². The van der Waals surface area contributed by atoms with Crippen molar-refractivity contribution < 1.29 is 14.7 Å². The van der Waals surface area contributed by atoms with E-state index in [0.717, 1.165) is 19.5 Å². The Morgan fingerprint density at radius 1 is 1.38 bits per heavy atom. The Balaban J connectivity index is 1.89. The van der Waals surface area contributed by atoms with Crippen molar-refractivity contribution >= 4 is 11.9 Å². The number of carbonyl (C=O) groups excluding carboxylic acids is 1. The summed E-state index contributed by atoms with van der Waals surface area (Å²) in [6.45, 7) is 3.70. The molecular formula is C16H22N2O3. The summed E-state index contributed by atoms with van der Waals surface area (Å²) in [4.78, 5) is 22.7. The minimum atomic E-state index is -0.796. The molecule has 1 unspecified atom stereocenters. The third-order valence-electron chi connectivity index (χ3n) is 3.76. The van der Waals surface area contributed by atoms with Gasteiger partial charge in [0.1, 0.15) is 0 Å². The van der Waals surface area contributed by atoms with E-state index in [4.69, 9.17) is 5.11 Å². The fraction of sp³-hybridized carbons (Fsp3) is 0.500. The molecule has 0 saturated carbocycles. The molecule has 5 nitrogen and oxygen atoms in total. The molecule has 0 saturated heterocycles. The standard InChI is InChI=1S/C16H22N2O3/c1-11(3-2-4-15(19)20)18-16(21)13-6-5-12-7-8-17-10-14(12)9-13/h5-6,9,11,17H,2-4,7-8,10H2,1H3,(H,18,21)(H,19,20). The Morgan fingerprint density at radius 3 is 2.95 bits per heavy atom. The number of benzene rings is 1. The Kier molecular flexibility index (Phi) is 5.33. The summed E-state index contributed by atoms with van der Waals surface area (Å²) in [6.07, 6.45) is 2.39. The summed E-state index contributed by atoms with van der Waals surface area (Å²) in [7, 11) is 0. The van der Waals surface area contributed by atoms with Crippen LogP contribution in [-0.4, -0.2) is 29.6 Å². The lowest BCUT2D eigenvalue weighted by Gasteiger charge is -2.18. The maximum atomic E-state index is 12.2. The largest absolute Gasteiger partial charge is 0.481 e. The van der Waals surface area contributed by atoms with E-state index < -0.39 is 5.97 Å². The number of rotatable bonds is 6. The molecular weight excluding hydrogens is 268 g/mol. The fourth-order valence-corrected chi connectivity index (χ4v) is 2.56. The molecule has 5 heteroatoms. The van der Waals surface area contributed by atoms with Crippen molar-refractivity contribution in [2.75, 3.05) is 6.54 Å². The van der Waals surface area contributed by atoms with E-state index in [1.165, 1.54) is 11.1 Å². The Hall–Kier alpha value is -1.88. The Morgan fingerprint density at radius 2 is 2.19 bits per heavy atom. The lowest BCUT2D eigenvalue weighted by molar-refractivity contribution is -0.137. The number of aliphatic carboxylic acids is 1. The second kappa shape index (κ2) is 7.22. The summed E-state index contributed by atoms with van der Waals surface area (Å²) in [5.41, 5.74) is 3.16. The van der Waals surface area contributed by atoms with Crippen LogP contribution in [0.5, 0.6) is 0 Å². The molecule has 1 aromatic rings. The number of carboxylic acid groups (broad SMARTS) is 1. The summed E-state index contributed by atoms with van der Waals surface area (Å²) < 4.78 is 0. The minimum absolute atomic E-state index is 0.0222. The number of fused-ring (bicyclic) bond motifs is 1. The van der Waals surface area contributed by atoms with E-state index in [9.17, 15) is 9.59 Å². The van der Waals surface area contributed by atoms with Crippen molar-refractivity contribution in [3.05, 3.63) is 34.9 Å². The molecule has 0 fully saturated rings. The maximum Gasteiger partial charge on any atom is 0.303 e. The summed E-state index contributed by atoms with van der Waals surface area (Å²) in [6, 6.07) is 5.82. The van der Waals surface area contributed by atoms with Crippen LogP contribution in [0, 0.1) is 0 Å². The summed E-state index contributed by atoms with van der Waals surface area (Å²) in [5, 5.41) is 14.8. The first-order valence-electron chi connectivity index (χ1n) is 7.41. The van der Waals surface area contributed by atoms with Crippen molar-refractivity contribution in [1.29, 1.82) is 0 Å². The van der Waals surface area contributed by atoms with Crippen LogP contribution in [0.4, 0.5) is 0 Å². The van der Waals surface area contributed by atoms with Gasteiger partial charge in [0.2, 0.25) is 0 Å². The quantitative estimate of drug-likeness (QED) is 0.745. The molecule has 3 N–H and O–H groups in total. The number of nitrogens with one attached hydrogen (secondary N) is 2. The smallest absolute Gasteiger partial charge is 0.303 e. The summed E-state index contributed by atoms with van der Waals surface area (Å²) >= 11 is 0. The third kappa shape index (κ3) is 4.56. The van der Waals surface area contributed by atoms with E-state index in [1.807, 2.05) is 25.1 Å².